The van der Waals surface area contributed by atoms with Crippen molar-refractivity contribution in [2.24, 2.45) is 0 Å². The summed E-state index contributed by atoms with van der Waals surface area (Å²) in [5.41, 5.74) is 0.798. The van der Waals surface area contributed by atoms with Crippen LogP contribution in [-0.2, 0) is 14.4 Å². The Kier molecular flexibility index (Phi) is 3.98. The maximum absolute atomic E-state index is 11.3. The minimum Gasteiger partial charge on any atom is -0.481 e. The van der Waals surface area contributed by atoms with E-state index in [4.69, 9.17) is 14.7 Å². The van der Waals surface area contributed by atoms with Crippen molar-refractivity contribution >= 4 is 12.1 Å². The topological polar surface area (TPSA) is 84.9 Å². The first-order valence-electron chi connectivity index (χ1n) is 5.61. The molecule has 6 nitrogen and oxygen atoms in total. The summed E-state index contributed by atoms with van der Waals surface area (Å²) in [4.78, 5) is 27.2. The average molecular weight is 245 g/mol. The molecule has 0 aliphatic heterocycles. The fourth-order valence-electron chi connectivity index (χ4n) is 1.61. The van der Waals surface area contributed by atoms with Crippen LogP contribution < -0.4 is 5.48 Å². The smallest absolute Gasteiger partial charge is 0.431 e. The summed E-state index contributed by atoms with van der Waals surface area (Å²) < 4.78 is 4.98. The Morgan fingerprint density at radius 3 is 2.29 bits per heavy atom. The number of nitrogens with one attached hydrogen (secondary N) is 1. The standard InChI is InChI=1S/C11H19NO5/c1-10(2,3)16-9(15)12-17-11(5-4-6-11)7-8(13)14/h4-7H2,1-3H3,(H,12,15)(H,13,14). The molecule has 0 heterocycles. The molecule has 1 saturated carbocycles. The van der Waals surface area contributed by atoms with E-state index in [1.54, 1.807) is 20.8 Å². The van der Waals surface area contributed by atoms with Crippen molar-refractivity contribution < 1.29 is 24.3 Å². The number of ether oxygens (including phenoxy) is 1. The lowest BCUT2D eigenvalue weighted by Crippen LogP contribution is -2.48. The highest BCUT2D eigenvalue weighted by molar-refractivity contribution is 5.69. The Balaban J connectivity index is 2.38. The third-order valence-electron chi connectivity index (χ3n) is 2.49. The van der Waals surface area contributed by atoms with Gasteiger partial charge in [-0.3, -0.25) is 9.63 Å². The zero-order chi connectivity index (χ0) is 13.1. The van der Waals surface area contributed by atoms with Gasteiger partial charge in [0.05, 0.1) is 6.42 Å². The monoisotopic (exact) mass is 245 g/mol. The lowest BCUT2D eigenvalue weighted by molar-refractivity contribution is -0.170. The van der Waals surface area contributed by atoms with Crippen LogP contribution in [0.15, 0.2) is 0 Å². The molecule has 1 rings (SSSR count). The molecular weight excluding hydrogens is 226 g/mol. The van der Waals surface area contributed by atoms with E-state index in [9.17, 15) is 9.59 Å². The highest BCUT2D eigenvalue weighted by Gasteiger charge is 2.41. The highest BCUT2D eigenvalue weighted by atomic mass is 16.7. The molecule has 1 aliphatic carbocycles. The first-order valence-corrected chi connectivity index (χ1v) is 5.61. The van der Waals surface area contributed by atoms with Crippen LogP contribution in [0.1, 0.15) is 46.5 Å². The summed E-state index contributed by atoms with van der Waals surface area (Å²) in [5.74, 6) is -0.935. The predicted octanol–water partition coefficient (Wildman–Crippen LogP) is 1.84. The lowest BCUT2D eigenvalue weighted by atomic mass is 9.78. The van der Waals surface area contributed by atoms with E-state index in [-0.39, 0.29) is 6.42 Å². The molecular formula is C11H19NO5. The van der Waals surface area contributed by atoms with Gasteiger partial charge in [0, 0.05) is 0 Å². The molecule has 6 heteroatoms. The minimum absolute atomic E-state index is 0.108. The van der Waals surface area contributed by atoms with Gasteiger partial charge in [-0.2, -0.15) is 5.48 Å². The van der Waals surface area contributed by atoms with Crippen LogP contribution in [0.5, 0.6) is 0 Å². The van der Waals surface area contributed by atoms with E-state index in [1.807, 2.05) is 0 Å². The predicted molar refractivity (Wildman–Crippen MR) is 59.3 cm³/mol. The first-order chi connectivity index (χ1) is 7.72. The average Bonchev–Trinajstić information content (AvgIpc) is 2.05. The Morgan fingerprint density at radius 2 is 1.94 bits per heavy atom. The van der Waals surface area contributed by atoms with E-state index in [2.05, 4.69) is 5.48 Å². The van der Waals surface area contributed by atoms with Gasteiger partial charge in [0.15, 0.2) is 0 Å². The number of carboxylic acids is 1. The summed E-state index contributed by atoms with van der Waals surface area (Å²) in [6.45, 7) is 5.22. The summed E-state index contributed by atoms with van der Waals surface area (Å²) in [6, 6.07) is 0. The number of rotatable bonds is 4. The van der Waals surface area contributed by atoms with Crippen LogP contribution in [0.4, 0.5) is 4.79 Å². The van der Waals surface area contributed by atoms with Crippen molar-refractivity contribution in [2.75, 3.05) is 0 Å². The maximum atomic E-state index is 11.3. The number of carbonyl (C=O) groups excluding carboxylic acids is 1. The number of carboxylic acid groups (broad SMARTS) is 1. The second-order valence-corrected chi connectivity index (χ2v) is 5.31. The number of hydrogen-bond acceptors (Lipinski definition) is 4. The molecule has 98 valence electrons. The van der Waals surface area contributed by atoms with E-state index >= 15 is 0 Å². The van der Waals surface area contributed by atoms with Gasteiger partial charge in [-0.25, -0.2) is 4.79 Å². The van der Waals surface area contributed by atoms with Crippen molar-refractivity contribution in [3.8, 4) is 0 Å². The third-order valence-corrected chi connectivity index (χ3v) is 2.49. The van der Waals surface area contributed by atoms with E-state index in [0.29, 0.717) is 12.8 Å². The SMILES string of the molecule is CC(C)(C)OC(=O)NOC1(CC(=O)O)CCC1. The van der Waals surface area contributed by atoms with Crippen molar-refractivity contribution in [1.82, 2.24) is 5.48 Å². The summed E-state index contributed by atoms with van der Waals surface area (Å²) >= 11 is 0. The highest BCUT2D eigenvalue weighted by Crippen LogP contribution is 2.37. The quantitative estimate of drug-likeness (QED) is 0.738. The van der Waals surface area contributed by atoms with Crippen LogP contribution in [0, 0.1) is 0 Å². The van der Waals surface area contributed by atoms with Crippen LogP contribution >= 0.6 is 0 Å². The molecule has 1 amide bonds. The molecule has 17 heavy (non-hydrogen) atoms. The fourth-order valence-corrected chi connectivity index (χ4v) is 1.61. The Hall–Kier alpha value is -1.30. The number of amides is 1. The summed E-state index contributed by atoms with van der Waals surface area (Å²) in [7, 11) is 0. The molecule has 0 spiro atoms. The van der Waals surface area contributed by atoms with Gasteiger partial charge in [-0.05, 0) is 40.0 Å². The number of hydroxylamine groups is 1. The molecule has 0 aromatic rings. The number of hydrogen-bond donors (Lipinski definition) is 2. The molecule has 1 fully saturated rings. The van der Waals surface area contributed by atoms with Gasteiger partial charge < -0.3 is 9.84 Å². The molecule has 0 radical (unpaired) electrons. The van der Waals surface area contributed by atoms with Gasteiger partial charge in [-0.1, -0.05) is 0 Å². The number of carbonyl (C=O) groups is 2. The van der Waals surface area contributed by atoms with Gasteiger partial charge in [-0.15, -0.1) is 0 Å². The zero-order valence-corrected chi connectivity index (χ0v) is 10.4. The largest absolute Gasteiger partial charge is 0.481 e. The summed E-state index contributed by atoms with van der Waals surface area (Å²) in [5, 5.41) is 8.74. The Bertz CT molecular complexity index is 303. The van der Waals surface area contributed by atoms with Crippen molar-refractivity contribution in [1.29, 1.82) is 0 Å². The normalized spacial score (nSPS) is 18.1. The molecule has 1 aliphatic rings. The van der Waals surface area contributed by atoms with E-state index < -0.39 is 23.3 Å². The van der Waals surface area contributed by atoms with Crippen LogP contribution in [-0.4, -0.2) is 28.4 Å². The maximum Gasteiger partial charge on any atom is 0.431 e. The Morgan fingerprint density at radius 1 is 1.35 bits per heavy atom. The first kappa shape index (κ1) is 13.8. The van der Waals surface area contributed by atoms with E-state index in [0.717, 1.165) is 6.42 Å². The zero-order valence-electron chi connectivity index (χ0n) is 10.4. The third kappa shape index (κ3) is 4.60. The fraction of sp³-hybridized carbons (Fsp3) is 0.818. The van der Waals surface area contributed by atoms with Crippen molar-refractivity contribution in [2.45, 2.75) is 57.7 Å². The van der Waals surface area contributed by atoms with Gasteiger partial charge in [0.1, 0.15) is 11.2 Å². The molecule has 0 unspecified atom stereocenters. The number of aliphatic carboxylic acids is 1. The van der Waals surface area contributed by atoms with Gasteiger partial charge >= 0.3 is 12.1 Å². The minimum atomic E-state index is -0.935. The van der Waals surface area contributed by atoms with Gasteiger partial charge in [0.25, 0.3) is 0 Å². The van der Waals surface area contributed by atoms with Crippen molar-refractivity contribution in [3.05, 3.63) is 0 Å². The second-order valence-electron chi connectivity index (χ2n) is 5.31. The van der Waals surface area contributed by atoms with Crippen LogP contribution in [0.25, 0.3) is 0 Å². The molecule has 2 N–H and O–H groups in total. The van der Waals surface area contributed by atoms with Crippen molar-refractivity contribution in [3.63, 3.8) is 0 Å². The second kappa shape index (κ2) is 4.91. The molecule has 0 bridgehead atoms. The molecule has 0 saturated heterocycles. The Labute approximate surface area is 100 Å². The molecule has 0 aromatic heterocycles. The lowest BCUT2D eigenvalue weighted by Gasteiger charge is -2.39. The molecule has 0 atom stereocenters. The molecule has 0 aromatic carbocycles. The van der Waals surface area contributed by atoms with Crippen LogP contribution in [0.3, 0.4) is 0 Å². The van der Waals surface area contributed by atoms with Crippen LogP contribution in [0.2, 0.25) is 0 Å². The summed E-state index contributed by atoms with van der Waals surface area (Å²) in [6.07, 6.45) is 1.37. The van der Waals surface area contributed by atoms with E-state index in [1.165, 1.54) is 0 Å². The van der Waals surface area contributed by atoms with Gasteiger partial charge in [0.2, 0.25) is 0 Å².